The molecular weight excluding hydrogens is 192 g/mol. The van der Waals surface area contributed by atoms with Crippen molar-refractivity contribution < 1.29 is 9.53 Å². The molecule has 1 unspecified atom stereocenters. The van der Waals surface area contributed by atoms with E-state index in [1.807, 2.05) is 24.3 Å². The zero-order valence-electron chi connectivity index (χ0n) is 8.99. The fraction of sp³-hybridized carbons (Fsp3) is 0.364. The highest BCUT2D eigenvalue weighted by Gasteiger charge is 2.08. The summed E-state index contributed by atoms with van der Waals surface area (Å²) < 4.78 is 5.18. The van der Waals surface area contributed by atoms with Crippen LogP contribution in [0.1, 0.15) is 12.5 Å². The van der Waals surface area contributed by atoms with E-state index in [1.54, 1.807) is 14.0 Å². The number of nitrogens with one attached hydrogen (secondary N) is 1. The molecule has 0 aliphatic heterocycles. The molecule has 0 heterocycles. The first-order chi connectivity index (χ1) is 7.15. The van der Waals surface area contributed by atoms with Crippen molar-refractivity contribution >= 4 is 5.91 Å². The maximum Gasteiger partial charge on any atom is 0.234 e. The SMILES string of the molecule is COc1ccccc1CNC(C)C(N)=O. The molecule has 0 spiro atoms. The predicted octanol–water partition coefficient (Wildman–Crippen LogP) is 0.659. The number of ether oxygens (including phenoxy) is 1. The molecule has 1 amide bonds. The summed E-state index contributed by atoms with van der Waals surface area (Å²) in [6.45, 7) is 2.30. The molecule has 1 aromatic rings. The molecule has 0 saturated carbocycles. The van der Waals surface area contributed by atoms with E-state index in [4.69, 9.17) is 10.5 Å². The molecule has 0 aliphatic rings. The van der Waals surface area contributed by atoms with Gasteiger partial charge in [-0.3, -0.25) is 4.79 Å². The highest BCUT2D eigenvalue weighted by molar-refractivity contribution is 5.79. The zero-order chi connectivity index (χ0) is 11.3. The largest absolute Gasteiger partial charge is 0.496 e. The first kappa shape index (κ1) is 11.5. The molecule has 0 aromatic heterocycles. The van der Waals surface area contributed by atoms with Crippen molar-refractivity contribution in [1.29, 1.82) is 0 Å². The quantitative estimate of drug-likeness (QED) is 0.747. The molecule has 82 valence electrons. The van der Waals surface area contributed by atoms with Gasteiger partial charge in [0.1, 0.15) is 5.75 Å². The molecule has 0 aliphatic carbocycles. The standard InChI is InChI=1S/C11H16N2O2/c1-8(11(12)14)13-7-9-5-3-4-6-10(9)15-2/h3-6,8,13H,7H2,1-2H3,(H2,12,14). The van der Waals surface area contributed by atoms with Crippen LogP contribution in [0.25, 0.3) is 0 Å². The molecule has 4 heteroatoms. The fourth-order valence-corrected chi connectivity index (χ4v) is 1.21. The Morgan fingerprint density at radius 1 is 1.53 bits per heavy atom. The van der Waals surface area contributed by atoms with Gasteiger partial charge in [0.2, 0.25) is 5.91 Å². The molecule has 1 atom stereocenters. The summed E-state index contributed by atoms with van der Waals surface area (Å²) in [5, 5.41) is 3.02. The number of amides is 1. The molecule has 3 N–H and O–H groups in total. The molecule has 1 aromatic carbocycles. The summed E-state index contributed by atoms with van der Waals surface area (Å²) in [5.74, 6) is 0.451. The van der Waals surface area contributed by atoms with Crippen LogP contribution in [0.15, 0.2) is 24.3 Å². The van der Waals surface area contributed by atoms with Crippen LogP contribution in [-0.2, 0) is 11.3 Å². The van der Waals surface area contributed by atoms with Crippen LogP contribution in [0, 0.1) is 0 Å². The van der Waals surface area contributed by atoms with Crippen molar-refractivity contribution in [2.24, 2.45) is 5.73 Å². The van der Waals surface area contributed by atoms with E-state index in [2.05, 4.69) is 5.32 Å². The van der Waals surface area contributed by atoms with Gasteiger partial charge in [-0.2, -0.15) is 0 Å². The lowest BCUT2D eigenvalue weighted by molar-refractivity contribution is -0.119. The maximum atomic E-state index is 10.8. The average molecular weight is 208 g/mol. The number of rotatable bonds is 5. The van der Waals surface area contributed by atoms with Crippen molar-refractivity contribution in [2.75, 3.05) is 7.11 Å². The Hall–Kier alpha value is -1.55. The van der Waals surface area contributed by atoms with Gasteiger partial charge < -0.3 is 15.8 Å². The van der Waals surface area contributed by atoms with Crippen molar-refractivity contribution in [2.45, 2.75) is 19.5 Å². The van der Waals surface area contributed by atoms with E-state index >= 15 is 0 Å². The second kappa shape index (κ2) is 5.36. The summed E-state index contributed by atoms with van der Waals surface area (Å²) in [4.78, 5) is 10.8. The number of carbonyl (C=O) groups is 1. The van der Waals surface area contributed by atoms with E-state index in [9.17, 15) is 4.79 Å². The van der Waals surface area contributed by atoms with Gasteiger partial charge >= 0.3 is 0 Å². The van der Waals surface area contributed by atoms with Crippen LogP contribution >= 0.6 is 0 Å². The number of hydrogen-bond donors (Lipinski definition) is 2. The lowest BCUT2D eigenvalue weighted by Crippen LogP contribution is -2.38. The monoisotopic (exact) mass is 208 g/mol. The van der Waals surface area contributed by atoms with E-state index in [1.165, 1.54) is 0 Å². The number of benzene rings is 1. The van der Waals surface area contributed by atoms with Gasteiger partial charge in [-0.15, -0.1) is 0 Å². The number of primary amides is 1. The van der Waals surface area contributed by atoms with Gasteiger partial charge in [-0.25, -0.2) is 0 Å². The zero-order valence-corrected chi connectivity index (χ0v) is 8.99. The Morgan fingerprint density at radius 2 is 2.20 bits per heavy atom. The first-order valence-electron chi connectivity index (χ1n) is 4.79. The van der Waals surface area contributed by atoms with E-state index in [-0.39, 0.29) is 11.9 Å². The van der Waals surface area contributed by atoms with Crippen molar-refractivity contribution in [3.8, 4) is 5.75 Å². The number of nitrogens with two attached hydrogens (primary N) is 1. The summed E-state index contributed by atoms with van der Waals surface area (Å²) in [6.07, 6.45) is 0. The Labute approximate surface area is 89.4 Å². The Morgan fingerprint density at radius 3 is 2.80 bits per heavy atom. The van der Waals surface area contributed by atoms with Crippen LogP contribution in [0.5, 0.6) is 5.75 Å². The number of carbonyl (C=O) groups excluding carboxylic acids is 1. The molecule has 0 bridgehead atoms. The number of para-hydroxylation sites is 1. The Kier molecular flexibility index (Phi) is 4.12. The van der Waals surface area contributed by atoms with Gasteiger partial charge in [0.25, 0.3) is 0 Å². The molecular formula is C11H16N2O2. The van der Waals surface area contributed by atoms with E-state index < -0.39 is 0 Å². The number of hydrogen-bond acceptors (Lipinski definition) is 3. The molecule has 0 saturated heterocycles. The lowest BCUT2D eigenvalue weighted by Gasteiger charge is -2.12. The van der Waals surface area contributed by atoms with Crippen molar-refractivity contribution in [3.63, 3.8) is 0 Å². The minimum absolute atomic E-state index is 0.338. The van der Waals surface area contributed by atoms with E-state index in [0.29, 0.717) is 6.54 Å². The van der Waals surface area contributed by atoms with Crippen LogP contribution in [-0.4, -0.2) is 19.1 Å². The van der Waals surface area contributed by atoms with E-state index in [0.717, 1.165) is 11.3 Å². The third kappa shape index (κ3) is 3.25. The maximum absolute atomic E-state index is 10.8. The van der Waals surface area contributed by atoms with Crippen LogP contribution in [0.2, 0.25) is 0 Å². The smallest absolute Gasteiger partial charge is 0.234 e. The number of methoxy groups -OCH3 is 1. The summed E-state index contributed by atoms with van der Waals surface area (Å²) in [5.41, 5.74) is 6.15. The summed E-state index contributed by atoms with van der Waals surface area (Å²) in [7, 11) is 1.62. The van der Waals surface area contributed by atoms with Crippen LogP contribution in [0.4, 0.5) is 0 Å². The molecule has 4 nitrogen and oxygen atoms in total. The highest BCUT2D eigenvalue weighted by atomic mass is 16.5. The lowest BCUT2D eigenvalue weighted by atomic mass is 10.2. The minimum atomic E-state index is -0.357. The second-order valence-electron chi connectivity index (χ2n) is 3.32. The second-order valence-corrected chi connectivity index (χ2v) is 3.32. The molecule has 0 fully saturated rings. The normalized spacial score (nSPS) is 12.1. The Balaban J connectivity index is 2.60. The molecule has 1 rings (SSSR count). The van der Waals surface area contributed by atoms with Gasteiger partial charge in [0, 0.05) is 12.1 Å². The summed E-state index contributed by atoms with van der Waals surface area (Å²) in [6, 6.07) is 7.31. The van der Waals surface area contributed by atoms with Crippen LogP contribution < -0.4 is 15.8 Å². The van der Waals surface area contributed by atoms with Gasteiger partial charge in [-0.05, 0) is 13.0 Å². The van der Waals surface area contributed by atoms with Gasteiger partial charge in [-0.1, -0.05) is 18.2 Å². The van der Waals surface area contributed by atoms with Gasteiger partial charge in [0.05, 0.1) is 13.2 Å². The van der Waals surface area contributed by atoms with Gasteiger partial charge in [0.15, 0.2) is 0 Å². The van der Waals surface area contributed by atoms with Crippen LogP contribution in [0.3, 0.4) is 0 Å². The topological polar surface area (TPSA) is 64.3 Å². The molecule has 0 radical (unpaired) electrons. The average Bonchev–Trinajstić information content (AvgIpc) is 2.26. The highest BCUT2D eigenvalue weighted by Crippen LogP contribution is 2.16. The Bertz CT molecular complexity index is 339. The molecule has 15 heavy (non-hydrogen) atoms. The van der Waals surface area contributed by atoms with Crippen molar-refractivity contribution in [1.82, 2.24) is 5.32 Å². The third-order valence-corrected chi connectivity index (χ3v) is 2.22. The minimum Gasteiger partial charge on any atom is -0.496 e. The van der Waals surface area contributed by atoms with Crippen molar-refractivity contribution in [3.05, 3.63) is 29.8 Å². The third-order valence-electron chi connectivity index (χ3n) is 2.22. The predicted molar refractivity (Wildman–Crippen MR) is 58.5 cm³/mol. The summed E-state index contributed by atoms with van der Waals surface area (Å²) >= 11 is 0. The first-order valence-corrected chi connectivity index (χ1v) is 4.79. The fourth-order valence-electron chi connectivity index (χ4n) is 1.21.